The number of pyridine rings is 2. The van der Waals surface area contributed by atoms with Gasteiger partial charge in [-0.1, -0.05) is 13.0 Å². The molecule has 0 bridgehead atoms. The van der Waals surface area contributed by atoms with Gasteiger partial charge in [0.2, 0.25) is 0 Å². The van der Waals surface area contributed by atoms with Crippen LogP contribution in [0.5, 0.6) is 0 Å². The standard InChI is InChI=1S/C36H48N6O5/c1-24-18-21-41(22-19-24)31-29(17-12-25(2)37-31)32(43)39-27-13-15-28(16-14-27)42(34(45)47-36(6,7)8)23-20-26-10-9-11-30(38-26)40-33(44)46-35(3,4)5/h9-17,24H,18-23H2,1-8H3,(H,39,43)(H,38,40,44). The Morgan fingerprint density at radius 1 is 0.872 bits per heavy atom. The van der Waals surface area contributed by atoms with E-state index in [1.807, 2.05) is 45.9 Å². The van der Waals surface area contributed by atoms with E-state index in [1.165, 1.54) is 4.90 Å². The number of piperidine rings is 1. The molecule has 3 aromatic rings. The number of anilines is 4. The van der Waals surface area contributed by atoms with Crippen LogP contribution in [-0.2, 0) is 15.9 Å². The number of aromatic nitrogens is 2. The van der Waals surface area contributed by atoms with Gasteiger partial charge in [-0.2, -0.15) is 0 Å². The molecule has 0 unspecified atom stereocenters. The Morgan fingerprint density at radius 3 is 2.17 bits per heavy atom. The van der Waals surface area contributed by atoms with Crippen molar-refractivity contribution in [2.24, 2.45) is 5.92 Å². The second kappa shape index (κ2) is 14.8. The Labute approximate surface area is 278 Å². The first-order valence-electron chi connectivity index (χ1n) is 16.2. The molecule has 11 heteroatoms. The molecule has 1 saturated heterocycles. The largest absolute Gasteiger partial charge is 0.444 e. The molecule has 0 aliphatic carbocycles. The first-order chi connectivity index (χ1) is 22.1. The monoisotopic (exact) mass is 644 g/mol. The number of hydrogen-bond acceptors (Lipinski definition) is 8. The Morgan fingerprint density at radius 2 is 1.53 bits per heavy atom. The number of aryl methyl sites for hydroxylation is 1. The molecule has 3 heterocycles. The fourth-order valence-electron chi connectivity index (χ4n) is 5.07. The highest BCUT2D eigenvalue weighted by Gasteiger charge is 2.25. The van der Waals surface area contributed by atoms with Crippen LogP contribution in [0.4, 0.5) is 32.6 Å². The second-order valence-corrected chi connectivity index (χ2v) is 14.0. The zero-order valence-electron chi connectivity index (χ0n) is 28.8. The first-order valence-corrected chi connectivity index (χ1v) is 16.2. The van der Waals surface area contributed by atoms with Gasteiger partial charge in [-0.25, -0.2) is 19.6 Å². The number of hydrogen-bond donors (Lipinski definition) is 2. The van der Waals surface area contributed by atoms with Crippen LogP contribution in [0.15, 0.2) is 54.6 Å². The summed E-state index contributed by atoms with van der Waals surface area (Å²) in [5.74, 6) is 1.48. The summed E-state index contributed by atoms with van der Waals surface area (Å²) in [6.07, 6.45) is 1.41. The Balaban J connectivity index is 1.48. The molecular weight excluding hydrogens is 596 g/mol. The number of ether oxygens (including phenoxy) is 2. The van der Waals surface area contributed by atoms with Crippen molar-refractivity contribution in [1.82, 2.24) is 9.97 Å². The first kappa shape index (κ1) is 35.2. The molecule has 2 N–H and O–H groups in total. The number of carbonyl (C=O) groups is 3. The van der Waals surface area contributed by atoms with Crippen molar-refractivity contribution in [2.45, 2.75) is 85.9 Å². The van der Waals surface area contributed by atoms with Gasteiger partial charge < -0.3 is 19.7 Å². The summed E-state index contributed by atoms with van der Waals surface area (Å²) in [6.45, 7) is 17.0. The van der Waals surface area contributed by atoms with Gasteiger partial charge in [0.05, 0.1) is 5.56 Å². The summed E-state index contributed by atoms with van der Waals surface area (Å²) >= 11 is 0. The highest BCUT2D eigenvalue weighted by molar-refractivity contribution is 6.07. The maximum Gasteiger partial charge on any atom is 0.414 e. The van der Waals surface area contributed by atoms with E-state index in [4.69, 9.17) is 14.5 Å². The lowest BCUT2D eigenvalue weighted by Crippen LogP contribution is -2.38. The molecule has 252 valence electrons. The number of nitrogens with one attached hydrogen (secondary N) is 2. The summed E-state index contributed by atoms with van der Waals surface area (Å²) in [5, 5.41) is 5.65. The molecule has 1 fully saturated rings. The molecule has 4 rings (SSSR count). The molecule has 11 nitrogen and oxygen atoms in total. The van der Waals surface area contributed by atoms with Crippen LogP contribution in [0, 0.1) is 12.8 Å². The number of carbonyl (C=O) groups excluding carboxylic acids is 3. The van der Waals surface area contributed by atoms with E-state index in [1.54, 1.807) is 57.2 Å². The third-order valence-electron chi connectivity index (χ3n) is 7.42. The van der Waals surface area contributed by atoms with E-state index in [2.05, 4.69) is 27.4 Å². The Kier molecular flexibility index (Phi) is 11.1. The van der Waals surface area contributed by atoms with Crippen LogP contribution in [0.1, 0.15) is 83.1 Å². The van der Waals surface area contributed by atoms with Crippen LogP contribution in [0.3, 0.4) is 0 Å². The van der Waals surface area contributed by atoms with Crippen LogP contribution in [0.25, 0.3) is 0 Å². The van der Waals surface area contributed by atoms with Gasteiger partial charge >= 0.3 is 12.2 Å². The van der Waals surface area contributed by atoms with Crippen molar-refractivity contribution in [3.05, 3.63) is 71.5 Å². The lowest BCUT2D eigenvalue weighted by molar-refractivity contribution is 0.0578. The molecule has 1 aliphatic heterocycles. The quantitative estimate of drug-likeness (QED) is 0.257. The van der Waals surface area contributed by atoms with Crippen LogP contribution >= 0.6 is 0 Å². The van der Waals surface area contributed by atoms with Gasteiger partial charge in [-0.15, -0.1) is 0 Å². The van der Waals surface area contributed by atoms with Gasteiger partial charge in [0.1, 0.15) is 22.8 Å². The van der Waals surface area contributed by atoms with Crippen molar-refractivity contribution in [1.29, 1.82) is 0 Å². The number of amides is 3. The highest BCUT2D eigenvalue weighted by Crippen LogP contribution is 2.27. The average molecular weight is 645 g/mol. The highest BCUT2D eigenvalue weighted by atomic mass is 16.6. The summed E-state index contributed by atoms with van der Waals surface area (Å²) < 4.78 is 11.0. The van der Waals surface area contributed by atoms with Gasteiger partial charge in [0.15, 0.2) is 0 Å². The van der Waals surface area contributed by atoms with E-state index in [0.29, 0.717) is 46.6 Å². The summed E-state index contributed by atoms with van der Waals surface area (Å²) in [4.78, 5) is 52.0. The molecule has 2 aromatic heterocycles. The van der Waals surface area contributed by atoms with E-state index in [9.17, 15) is 14.4 Å². The third-order valence-corrected chi connectivity index (χ3v) is 7.42. The van der Waals surface area contributed by atoms with Crippen LogP contribution in [0.2, 0.25) is 0 Å². The number of nitrogens with zero attached hydrogens (tertiary/aromatic N) is 4. The van der Waals surface area contributed by atoms with Crippen LogP contribution in [-0.4, -0.2) is 58.9 Å². The van der Waals surface area contributed by atoms with Crippen molar-refractivity contribution < 1.29 is 23.9 Å². The minimum atomic E-state index is -0.703. The van der Waals surface area contributed by atoms with E-state index in [0.717, 1.165) is 31.6 Å². The molecule has 1 aromatic carbocycles. The zero-order valence-corrected chi connectivity index (χ0v) is 28.8. The maximum atomic E-state index is 13.5. The second-order valence-electron chi connectivity index (χ2n) is 14.0. The van der Waals surface area contributed by atoms with Gasteiger partial charge in [0.25, 0.3) is 5.91 Å². The molecule has 0 atom stereocenters. The van der Waals surface area contributed by atoms with E-state index in [-0.39, 0.29) is 12.5 Å². The Bertz CT molecular complexity index is 1550. The predicted octanol–water partition coefficient (Wildman–Crippen LogP) is 7.60. The summed E-state index contributed by atoms with van der Waals surface area (Å²) in [7, 11) is 0. The average Bonchev–Trinajstić information content (AvgIpc) is 2.96. The van der Waals surface area contributed by atoms with Crippen molar-refractivity contribution in [3.8, 4) is 0 Å². The lowest BCUT2D eigenvalue weighted by Gasteiger charge is -2.32. The number of rotatable bonds is 8. The lowest BCUT2D eigenvalue weighted by atomic mass is 9.99. The Hall–Kier alpha value is -4.67. The topological polar surface area (TPSA) is 126 Å². The summed E-state index contributed by atoms with van der Waals surface area (Å²) in [6, 6.07) is 16.0. The normalized spacial score (nSPS) is 13.9. The fourth-order valence-corrected chi connectivity index (χ4v) is 5.07. The number of benzene rings is 1. The third kappa shape index (κ3) is 10.7. The maximum absolute atomic E-state index is 13.5. The molecule has 3 amide bonds. The molecule has 0 radical (unpaired) electrons. The van der Waals surface area contributed by atoms with E-state index < -0.39 is 23.4 Å². The molecule has 47 heavy (non-hydrogen) atoms. The molecular formula is C36H48N6O5. The van der Waals surface area contributed by atoms with Crippen LogP contribution < -0.4 is 20.4 Å². The minimum Gasteiger partial charge on any atom is -0.444 e. The predicted molar refractivity (Wildman–Crippen MR) is 185 cm³/mol. The van der Waals surface area contributed by atoms with Crippen molar-refractivity contribution >= 4 is 41.1 Å². The van der Waals surface area contributed by atoms with Crippen molar-refractivity contribution in [2.75, 3.05) is 40.1 Å². The fraction of sp³-hybridized carbons (Fsp3) is 0.472. The molecule has 0 spiro atoms. The van der Waals surface area contributed by atoms with Gasteiger partial charge in [-0.3, -0.25) is 15.0 Å². The smallest absolute Gasteiger partial charge is 0.414 e. The van der Waals surface area contributed by atoms with Crippen molar-refractivity contribution in [3.63, 3.8) is 0 Å². The van der Waals surface area contributed by atoms with Gasteiger partial charge in [0, 0.05) is 48.8 Å². The SMILES string of the molecule is Cc1ccc(C(=O)Nc2ccc(N(CCc3cccc(NC(=O)OC(C)(C)C)n3)C(=O)OC(C)(C)C)cc2)c(N2CCC(C)CC2)n1. The van der Waals surface area contributed by atoms with E-state index >= 15 is 0 Å². The van der Waals surface area contributed by atoms with Gasteiger partial charge in [-0.05, 0) is 116 Å². The summed E-state index contributed by atoms with van der Waals surface area (Å²) in [5.41, 5.74) is 1.90. The molecule has 0 saturated carbocycles. The zero-order chi connectivity index (χ0) is 34.4. The molecule has 1 aliphatic rings. The minimum absolute atomic E-state index is 0.242.